The SMILES string of the molecule is O=C(CSc1nnc(-c2c[nH]c3ccccc23)o1)N1N=C(c2ccco2)CC1c1ccco1. The number of carbonyl (C=O) groups excluding carboxylic acids is 1. The first-order valence-corrected chi connectivity index (χ1v) is 11.2. The summed E-state index contributed by atoms with van der Waals surface area (Å²) >= 11 is 1.17. The van der Waals surface area contributed by atoms with Gasteiger partial charge in [-0.15, -0.1) is 10.2 Å². The third kappa shape index (κ3) is 3.64. The Bertz CT molecular complexity index is 1430. The lowest BCUT2D eigenvalue weighted by atomic mass is 10.1. The number of H-pyrrole nitrogens is 1. The summed E-state index contributed by atoms with van der Waals surface area (Å²) in [6, 6.07) is 14.8. The van der Waals surface area contributed by atoms with Gasteiger partial charge in [0.15, 0.2) is 0 Å². The van der Waals surface area contributed by atoms with Crippen LogP contribution in [0.5, 0.6) is 0 Å². The van der Waals surface area contributed by atoms with Crippen molar-refractivity contribution in [2.24, 2.45) is 5.10 Å². The average Bonchev–Trinajstić information content (AvgIpc) is 3.67. The number of aromatic nitrogens is 3. The number of para-hydroxylation sites is 1. The Balaban J connectivity index is 1.19. The van der Waals surface area contributed by atoms with Crippen LogP contribution in [0.25, 0.3) is 22.4 Å². The highest BCUT2D eigenvalue weighted by Crippen LogP contribution is 2.34. The van der Waals surface area contributed by atoms with Crippen molar-refractivity contribution in [2.45, 2.75) is 17.7 Å². The lowest BCUT2D eigenvalue weighted by Gasteiger charge is -2.19. The third-order valence-electron chi connectivity index (χ3n) is 5.39. The summed E-state index contributed by atoms with van der Waals surface area (Å²) in [4.78, 5) is 16.3. The van der Waals surface area contributed by atoms with Gasteiger partial charge in [0.2, 0.25) is 0 Å². The number of aromatic amines is 1. The van der Waals surface area contributed by atoms with Crippen LogP contribution in [0, 0.1) is 0 Å². The quantitative estimate of drug-likeness (QED) is 0.360. The second kappa shape index (κ2) is 8.14. The fourth-order valence-electron chi connectivity index (χ4n) is 3.85. The molecule has 1 N–H and O–H groups in total. The molecular formula is C23H17N5O4S. The number of benzene rings is 1. The summed E-state index contributed by atoms with van der Waals surface area (Å²) in [5.74, 6) is 1.58. The number of carbonyl (C=O) groups is 1. The second-order valence-corrected chi connectivity index (χ2v) is 8.33. The summed E-state index contributed by atoms with van der Waals surface area (Å²) in [5, 5.41) is 15.5. The molecule has 0 saturated heterocycles. The standard InChI is InChI=1S/C23H17N5O4S/c29-21(28-18(20-8-4-10-31-20)11-17(27-28)19-7-3-9-30-19)13-33-23-26-25-22(32-23)15-12-24-16-6-2-1-5-14(15)16/h1-10,12,18,24H,11,13H2. The van der Waals surface area contributed by atoms with Crippen LogP contribution in [0.15, 0.2) is 90.8 Å². The summed E-state index contributed by atoms with van der Waals surface area (Å²) < 4.78 is 16.8. The van der Waals surface area contributed by atoms with Crippen molar-refractivity contribution in [2.75, 3.05) is 5.75 Å². The zero-order chi connectivity index (χ0) is 22.2. The molecule has 0 saturated carbocycles. The maximum absolute atomic E-state index is 13.1. The molecule has 33 heavy (non-hydrogen) atoms. The maximum atomic E-state index is 13.1. The minimum Gasteiger partial charge on any atom is -0.467 e. The van der Waals surface area contributed by atoms with Crippen LogP contribution in [0.3, 0.4) is 0 Å². The highest BCUT2D eigenvalue weighted by atomic mass is 32.2. The number of hydrogen-bond donors (Lipinski definition) is 1. The average molecular weight is 459 g/mol. The molecule has 5 aromatic rings. The van der Waals surface area contributed by atoms with E-state index >= 15 is 0 Å². The summed E-state index contributed by atoms with van der Waals surface area (Å²) in [5.41, 5.74) is 2.50. The van der Waals surface area contributed by atoms with Gasteiger partial charge in [0.05, 0.1) is 23.8 Å². The lowest BCUT2D eigenvalue weighted by molar-refractivity contribution is -0.130. The smallest absolute Gasteiger partial charge is 0.277 e. The van der Waals surface area contributed by atoms with E-state index in [4.69, 9.17) is 13.3 Å². The van der Waals surface area contributed by atoms with E-state index in [1.807, 2.05) is 42.6 Å². The van der Waals surface area contributed by atoms with Gasteiger partial charge in [0, 0.05) is 23.5 Å². The number of nitrogens with zero attached hydrogens (tertiary/aromatic N) is 4. The Morgan fingerprint density at radius 1 is 1.09 bits per heavy atom. The molecule has 0 spiro atoms. The van der Waals surface area contributed by atoms with Gasteiger partial charge in [-0.25, -0.2) is 5.01 Å². The summed E-state index contributed by atoms with van der Waals surface area (Å²) in [6.07, 6.45) is 5.51. The van der Waals surface area contributed by atoms with Crippen LogP contribution in [0.4, 0.5) is 0 Å². The largest absolute Gasteiger partial charge is 0.467 e. The van der Waals surface area contributed by atoms with Crippen LogP contribution in [-0.2, 0) is 4.79 Å². The van der Waals surface area contributed by atoms with E-state index in [2.05, 4.69) is 20.3 Å². The molecule has 5 heterocycles. The molecule has 4 aromatic heterocycles. The molecule has 0 radical (unpaired) electrons. The first-order chi connectivity index (χ1) is 16.3. The number of hydrazone groups is 1. The third-order valence-corrected chi connectivity index (χ3v) is 6.19. The molecule has 1 unspecified atom stereocenters. The number of fused-ring (bicyclic) bond motifs is 1. The predicted octanol–water partition coefficient (Wildman–Crippen LogP) is 4.87. The topological polar surface area (TPSA) is 114 Å². The van der Waals surface area contributed by atoms with Crippen molar-refractivity contribution in [1.29, 1.82) is 0 Å². The van der Waals surface area contributed by atoms with Crippen LogP contribution in [0.1, 0.15) is 24.0 Å². The summed E-state index contributed by atoms with van der Waals surface area (Å²) in [7, 11) is 0. The van der Waals surface area contributed by atoms with Crippen LogP contribution in [0.2, 0.25) is 0 Å². The molecule has 1 aliphatic heterocycles. The Hall–Kier alpha value is -4.05. The van der Waals surface area contributed by atoms with Crippen molar-refractivity contribution < 1.29 is 18.0 Å². The van der Waals surface area contributed by atoms with E-state index in [1.54, 1.807) is 24.7 Å². The van der Waals surface area contributed by atoms with Gasteiger partial charge < -0.3 is 18.2 Å². The summed E-state index contributed by atoms with van der Waals surface area (Å²) in [6.45, 7) is 0. The molecule has 0 fully saturated rings. The molecule has 9 nitrogen and oxygen atoms in total. The van der Waals surface area contributed by atoms with Gasteiger partial charge in [0.1, 0.15) is 23.3 Å². The van der Waals surface area contributed by atoms with E-state index in [1.165, 1.54) is 16.8 Å². The minimum atomic E-state index is -0.335. The van der Waals surface area contributed by atoms with Crippen molar-refractivity contribution >= 4 is 34.3 Å². The van der Waals surface area contributed by atoms with Gasteiger partial charge in [-0.1, -0.05) is 30.0 Å². The number of amides is 1. The molecule has 6 rings (SSSR count). The Labute approximate surface area is 191 Å². The zero-order valence-electron chi connectivity index (χ0n) is 17.2. The molecule has 1 aliphatic rings. The normalized spacial score (nSPS) is 15.9. The number of hydrogen-bond acceptors (Lipinski definition) is 8. The Morgan fingerprint density at radius 3 is 2.82 bits per heavy atom. The molecule has 0 bridgehead atoms. The first-order valence-electron chi connectivity index (χ1n) is 10.3. The predicted molar refractivity (Wildman–Crippen MR) is 120 cm³/mol. The fraction of sp³-hybridized carbons (Fsp3) is 0.130. The molecule has 164 valence electrons. The minimum absolute atomic E-state index is 0.0850. The van der Waals surface area contributed by atoms with Crippen LogP contribution >= 0.6 is 11.8 Å². The van der Waals surface area contributed by atoms with Crippen molar-refractivity contribution in [1.82, 2.24) is 20.2 Å². The van der Waals surface area contributed by atoms with Crippen molar-refractivity contribution in [3.05, 3.63) is 78.8 Å². The van der Waals surface area contributed by atoms with Gasteiger partial charge in [0.25, 0.3) is 17.0 Å². The fourth-order valence-corrected chi connectivity index (χ4v) is 4.47. The van der Waals surface area contributed by atoms with E-state index in [0.717, 1.165) is 16.5 Å². The molecule has 1 atom stereocenters. The molecular weight excluding hydrogens is 442 g/mol. The van der Waals surface area contributed by atoms with E-state index in [0.29, 0.717) is 34.8 Å². The first kappa shape index (κ1) is 19.6. The number of nitrogens with one attached hydrogen (secondary N) is 1. The maximum Gasteiger partial charge on any atom is 0.277 e. The highest BCUT2D eigenvalue weighted by molar-refractivity contribution is 7.99. The van der Waals surface area contributed by atoms with Crippen LogP contribution < -0.4 is 0 Å². The molecule has 1 aromatic carbocycles. The molecule has 0 aliphatic carbocycles. The van der Waals surface area contributed by atoms with Crippen molar-refractivity contribution in [3.8, 4) is 11.5 Å². The second-order valence-electron chi connectivity index (χ2n) is 7.41. The van der Waals surface area contributed by atoms with Gasteiger partial charge in [-0.05, 0) is 30.3 Å². The molecule has 10 heteroatoms. The number of furan rings is 2. The zero-order valence-corrected chi connectivity index (χ0v) is 18.0. The monoisotopic (exact) mass is 459 g/mol. The number of thioether (sulfide) groups is 1. The highest BCUT2D eigenvalue weighted by Gasteiger charge is 2.35. The van der Waals surface area contributed by atoms with E-state index in [-0.39, 0.29) is 17.7 Å². The van der Waals surface area contributed by atoms with Crippen LogP contribution in [-0.4, -0.2) is 37.6 Å². The van der Waals surface area contributed by atoms with Crippen molar-refractivity contribution in [3.63, 3.8) is 0 Å². The van der Waals surface area contributed by atoms with Gasteiger partial charge in [-0.3, -0.25) is 4.79 Å². The van der Waals surface area contributed by atoms with E-state index < -0.39 is 0 Å². The number of rotatable bonds is 6. The molecule has 1 amide bonds. The van der Waals surface area contributed by atoms with E-state index in [9.17, 15) is 4.79 Å². The Kier molecular flexibility index (Phi) is 4.84. The van der Waals surface area contributed by atoms with Gasteiger partial charge in [-0.2, -0.15) is 5.10 Å². The lowest BCUT2D eigenvalue weighted by Crippen LogP contribution is -2.28. The van der Waals surface area contributed by atoms with Gasteiger partial charge >= 0.3 is 0 Å². The Morgan fingerprint density at radius 2 is 1.97 bits per heavy atom.